The lowest BCUT2D eigenvalue weighted by Gasteiger charge is -2.32. The first-order chi connectivity index (χ1) is 20.3. The van der Waals surface area contributed by atoms with Crippen molar-refractivity contribution in [3.8, 4) is 45.0 Å². The van der Waals surface area contributed by atoms with Crippen LogP contribution in [0.25, 0.3) is 55.8 Å². The second-order valence-corrected chi connectivity index (χ2v) is 10.1. The van der Waals surface area contributed by atoms with Crippen molar-refractivity contribution in [2.45, 2.75) is 0 Å². The van der Waals surface area contributed by atoms with Crippen molar-refractivity contribution in [1.82, 2.24) is 15.0 Å². The van der Waals surface area contributed by atoms with Crippen molar-refractivity contribution in [3.63, 3.8) is 0 Å². The van der Waals surface area contributed by atoms with E-state index in [0.717, 1.165) is 67.2 Å². The van der Waals surface area contributed by atoms with Gasteiger partial charge in [-0.3, -0.25) is 4.90 Å². The van der Waals surface area contributed by atoms with E-state index < -0.39 is 0 Å². The smallest absolute Gasteiger partial charge is 0.235 e. The summed E-state index contributed by atoms with van der Waals surface area (Å²) in [6, 6.07) is 50.1. The van der Waals surface area contributed by atoms with Crippen LogP contribution in [-0.2, 0) is 0 Å². The van der Waals surface area contributed by atoms with Gasteiger partial charge in [0.15, 0.2) is 0 Å². The van der Waals surface area contributed by atoms with Gasteiger partial charge in [0, 0.05) is 27.6 Å². The molecule has 7 aromatic rings. The van der Waals surface area contributed by atoms with E-state index >= 15 is 0 Å². The van der Waals surface area contributed by atoms with E-state index in [-0.39, 0.29) is 0 Å². The van der Waals surface area contributed by atoms with Crippen LogP contribution in [0.3, 0.4) is 0 Å². The van der Waals surface area contributed by atoms with Crippen molar-refractivity contribution >= 4 is 28.1 Å². The van der Waals surface area contributed by atoms with Gasteiger partial charge in [0.2, 0.25) is 5.95 Å². The molecule has 8 rings (SSSR count). The predicted octanol–water partition coefficient (Wildman–Crippen LogP) is 9.48. The Morgan fingerprint density at radius 3 is 1.54 bits per heavy atom. The van der Waals surface area contributed by atoms with Gasteiger partial charge in [0.05, 0.1) is 34.2 Å². The SMILES string of the molecule is c1ccc(-c2cc(-c3ccccc3)nc(N3c4ccccc4-c4nc(-c5ccccc5)cc5cccc3c45)n2)cc1. The van der Waals surface area contributed by atoms with Gasteiger partial charge in [0.1, 0.15) is 0 Å². The van der Waals surface area contributed by atoms with Crippen LogP contribution in [-0.4, -0.2) is 15.0 Å². The van der Waals surface area contributed by atoms with E-state index in [1.54, 1.807) is 0 Å². The number of benzene rings is 5. The van der Waals surface area contributed by atoms with Crippen LogP contribution in [0.2, 0.25) is 0 Å². The van der Waals surface area contributed by atoms with E-state index in [9.17, 15) is 0 Å². The Bertz CT molecular complexity index is 1980. The highest BCUT2D eigenvalue weighted by Gasteiger charge is 2.29. The van der Waals surface area contributed by atoms with Crippen LogP contribution < -0.4 is 4.90 Å². The molecule has 5 aromatic carbocycles. The van der Waals surface area contributed by atoms with E-state index in [1.807, 2.05) is 42.5 Å². The molecule has 0 fully saturated rings. The maximum absolute atomic E-state index is 5.23. The summed E-state index contributed by atoms with van der Waals surface area (Å²) in [6.07, 6.45) is 0. The second kappa shape index (κ2) is 9.54. The molecule has 41 heavy (non-hydrogen) atoms. The Kier molecular flexibility index (Phi) is 5.42. The lowest BCUT2D eigenvalue weighted by Crippen LogP contribution is -2.18. The van der Waals surface area contributed by atoms with E-state index in [0.29, 0.717) is 5.95 Å². The number of pyridine rings is 1. The van der Waals surface area contributed by atoms with Gasteiger partial charge >= 0.3 is 0 Å². The maximum atomic E-state index is 5.23. The molecule has 0 bridgehead atoms. The van der Waals surface area contributed by atoms with Gasteiger partial charge < -0.3 is 0 Å². The van der Waals surface area contributed by atoms with Gasteiger partial charge in [-0.1, -0.05) is 121 Å². The van der Waals surface area contributed by atoms with Crippen molar-refractivity contribution < 1.29 is 0 Å². The number of hydrogen-bond donors (Lipinski definition) is 0. The Morgan fingerprint density at radius 1 is 0.415 bits per heavy atom. The zero-order valence-electron chi connectivity index (χ0n) is 22.1. The normalized spacial score (nSPS) is 11.9. The zero-order chi connectivity index (χ0) is 27.2. The van der Waals surface area contributed by atoms with Crippen molar-refractivity contribution in [2.75, 3.05) is 4.90 Å². The summed E-state index contributed by atoms with van der Waals surface area (Å²) in [4.78, 5) is 17.8. The van der Waals surface area contributed by atoms with Gasteiger partial charge in [-0.05, 0) is 29.7 Å². The third kappa shape index (κ3) is 3.97. The molecule has 4 heteroatoms. The quantitative estimate of drug-likeness (QED) is 0.230. The minimum Gasteiger partial charge on any atom is -0.278 e. The zero-order valence-corrected chi connectivity index (χ0v) is 22.1. The molecule has 0 aliphatic carbocycles. The van der Waals surface area contributed by atoms with Crippen LogP contribution in [0.5, 0.6) is 0 Å². The predicted molar refractivity (Wildman–Crippen MR) is 167 cm³/mol. The van der Waals surface area contributed by atoms with Crippen LogP contribution in [0.4, 0.5) is 17.3 Å². The molecular formula is C37H24N4. The fourth-order valence-corrected chi connectivity index (χ4v) is 5.69. The molecule has 0 N–H and O–H groups in total. The summed E-state index contributed by atoms with van der Waals surface area (Å²) in [5.74, 6) is 0.628. The molecule has 4 nitrogen and oxygen atoms in total. The molecule has 0 amide bonds. The largest absolute Gasteiger partial charge is 0.278 e. The van der Waals surface area contributed by atoms with Crippen LogP contribution in [0.1, 0.15) is 0 Å². The number of para-hydroxylation sites is 1. The molecule has 0 saturated carbocycles. The van der Waals surface area contributed by atoms with Gasteiger partial charge in [-0.25, -0.2) is 15.0 Å². The molecule has 192 valence electrons. The number of fused-ring (bicyclic) bond motifs is 2. The van der Waals surface area contributed by atoms with Crippen LogP contribution >= 0.6 is 0 Å². The molecule has 1 aliphatic heterocycles. The summed E-state index contributed by atoms with van der Waals surface area (Å²) >= 11 is 0. The highest BCUT2D eigenvalue weighted by Crippen LogP contribution is 2.50. The molecule has 1 aliphatic rings. The minimum atomic E-state index is 0.628. The monoisotopic (exact) mass is 524 g/mol. The molecule has 0 unspecified atom stereocenters. The molecule has 3 heterocycles. The number of hydrogen-bond acceptors (Lipinski definition) is 4. The molecule has 0 spiro atoms. The third-order valence-electron chi connectivity index (χ3n) is 7.60. The summed E-state index contributed by atoms with van der Waals surface area (Å²) in [5, 5.41) is 2.23. The standard InChI is InChI=1S/C37H24N4/c1-4-13-25(14-5-1)30-23-28-19-12-22-34-35(28)36(38-30)29-20-10-11-21-33(29)41(34)37-39-31(26-15-6-2-7-16-26)24-32(40-37)27-17-8-3-9-18-27/h1-24H. The van der Waals surface area contributed by atoms with Crippen LogP contribution in [0, 0.1) is 0 Å². The summed E-state index contributed by atoms with van der Waals surface area (Å²) in [6.45, 7) is 0. The first-order valence-corrected chi connectivity index (χ1v) is 13.7. The third-order valence-corrected chi connectivity index (χ3v) is 7.60. The minimum absolute atomic E-state index is 0.628. The number of rotatable bonds is 4. The van der Waals surface area contributed by atoms with Crippen molar-refractivity contribution in [3.05, 3.63) is 146 Å². The molecule has 0 atom stereocenters. The molecule has 0 radical (unpaired) electrons. The fourth-order valence-electron chi connectivity index (χ4n) is 5.69. The average Bonchev–Trinajstić information content (AvgIpc) is 3.06. The molecule has 0 saturated heterocycles. The lowest BCUT2D eigenvalue weighted by atomic mass is 9.94. The highest BCUT2D eigenvalue weighted by molar-refractivity contribution is 6.13. The number of anilines is 3. The fraction of sp³-hybridized carbons (Fsp3) is 0. The van der Waals surface area contributed by atoms with E-state index in [1.165, 1.54) is 0 Å². The Balaban J connectivity index is 1.41. The Labute approximate surface area is 238 Å². The Morgan fingerprint density at radius 2 is 0.927 bits per heavy atom. The lowest BCUT2D eigenvalue weighted by molar-refractivity contribution is 1.09. The topological polar surface area (TPSA) is 41.9 Å². The van der Waals surface area contributed by atoms with Gasteiger partial charge in [-0.15, -0.1) is 0 Å². The number of aromatic nitrogens is 3. The number of nitrogens with zero attached hydrogens (tertiary/aromatic N) is 4. The maximum Gasteiger partial charge on any atom is 0.235 e. The van der Waals surface area contributed by atoms with Crippen molar-refractivity contribution in [2.24, 2.45) is 0 Å². The summed E-state index contributed by atoms with van der Waals surface area (Å²) in [7, 11) is 0. The second-order valence-electron chi connectivity index (χ2n) is 10.1. The van der Waals surface area contributed by atoms with Gasteiger partial charge in [-0.2, -0.15) is 0 Å². The summed E-state index contributed by atoms with van der Waals surface area (Å²) < 4.78 is 0. The van der Waals surface area contributed by atoms with E-state index in [2.05, 4.69) is 108 Å². The first-order valence-electron chi connectivity index (χ1n) is 13.7. The summed E-state index contributed by atoms with van der Waals surface area (Å²) in [5.41, 5.74) is 9.98. The molecular weight excluding hydrogens is 500 g/mol. The molecule has 2 aromatic heterocycles. The van der Waals surface area contributed by atoms with Crippen LogP contribution in [0.15, 0.2) is 146 Å². The van der Waals surface area contributed by atoms with Crippen molar-refractivity contribution in [1.29, 1.82) is 0 Å². The van der Waals surface area contributed by atoms with Gasteiger partial charge in [0.25, 0.3) is 0 Å². The Hall–Kier alpha value is -5.61. The van der Waals surface area contributed by atoms with E-state index in [4.69, 9.17) is 15.0 Å². The average molecular weight is 525 g/mol. The first kappa shape index (κ1) is 23.3. The highest BCUT2D eigenvalue weighted by atomic mass is 15.3.